The third-order valence-corrected chi connectivity index (χ3v) is 5.04. The van der Waals surface area contributed by atoms with Gasteiger partial charge in [-0.15, -0.1) is 0 Å². The molecule has 4 heterocycles. The highest BCUT2D eigenvalue weighted by atomic mass is 16.2. The minimum absolute atomic E-state index is 0.0678. The predicted molar refractivity (Wildman–Crippen MR) is 92.3 cm³/mol. The third kappa shape index (κ3) is 2.77. The fourth-order valence-electron chi connectivity index (χ4n) is 3.67. The maximum atomic E-state index is 12.6. The van der Waals surface area contributed by atoms with Crippen molar-refractivity contribution in [3.63, 3.8) is 0 Å². The number of nitrogens with zero attached hydrogens (tertiary/aromatic N) is 4. The van der Waals surface area contributed by atoms with Crippen LogP contribution in [0.4, 0.5) is 5.95 Å². The Morgan fingerprint density at radius 2 is 1.92 bits per heavy atom. The van der Waals surface area contributed by atoms with E-state index in [9.17, 15) is 4.79 Å². The number of fused-ring (bicyclic) bond motifs is 1. The predicted octanol–water partition coefficient (Wildman–Crippen LogP) is 1.95. The van der Waals surface area contributed by atoms with E-state index < -0.39 is 0 Å². The minimum atomic E-state index is 0.0678. The molecule has 0 bridgehead atoms. The van der Waals surface area contributed by atoms with Crippen LogP contribution in [0.2, 0.25) is 0 Å². The van der Waals surface area contributed by atoms with E-state index in [0.29, 0.717) is 12.2 Å². The first-order valence-electron chi connectivity index (χ1n) is 8.76. The van der Waals surface area contributed by atoms with Crippen LogP contribution in [-0.2, 0) is 12.8 Å². The van der Waals surface area contributed by atoms with Gasteiger partial charge in [0.05, 0.1) is 5.69 Å². The Kier molecular flexibility index (Phi) is 3.96. The summed E-state index contributed by atoms with van der Waals surface area (Å²) in [6, 6.07) is 3.69. The number of aromatic amines is 1. The summed E-state index contributed by atoms with van der Waals surface area (Å²) in [5.41, 5.74) is 4.06. The molecule has 1 saturated heterocycles. The zero-order valence-corrected chi connectivity index (χ0v) is 14.1. The van der Waals surface area contributed by atoms with Crippen molar-refractivity contribution in [2.75, 3.05) is 31.1 Å². The van der Waals surface area contributed by atoms with Gasteiger partial charge in [0.15, 0.2) is 0 Å². The van der Waals surface area contributed by atoms with Crippen LogP contribution in [0.25, 0.3) is 0 Å². The molecule has 0 radical (unpaired) electrons. The van der Waals surface area contributed by atoms with Crippen molar-refractivity contribution in [2.24, 2.45) is 0 Å². The fraction of sp³-hybridized carbons (Fsp3) is 0.500. The lowest BCUT2D eigenvalue weighted by Crippen LogP contribution is -2.33. The van der Waals surface area contributed by atoms with Gasteiger partial charge in [0.25, 0.3) is 5.91 Å². The van der Waals surface area contributed by atoms with Gasteiger partial charge in [0.2, 0.25) is 5.95 Å². The number of carbonyl (C=O) groups excluding carboxylic acids is 1. The quantitative estimate of drug-likeness (QED) is 0.916. The smallest absolute Gasteiger partial charge is 0.270 e. The third-order valence-electron chi connectivity index (χ3n) is 5.04. The normalized spacial score (nSPS) is 17.7. The number of nitrogens with one attached hydrogen (secondary N) is 1. The van der Waals surface area contributed by atoms with E-state index in [2.05, 4.69) is 16.8 Å². The van der Waals surface area contributed by atoms with Gasteiger partial charge < -0.3 is 14.8 Å². The molecule has 2 aliphatic heterocycles. The summed E-state index contributed by atoms with van der Waals surface area (Å²) in [5, 5.41) is 0. The summed E-state index contributed by atoms with van der Waals surface area (Å²) in [7, 11) is 0. The summed E-state index contributed by atoms with van der Waals surface area (Å²) in [4.78, 5) is 29.4. The number of rotatable bonds is 2. The van der Waals surface area contributed by atoms with Crippen molar-refractivity contribution in [3.05, 3.63) is 41.0 Å². The van der Waals surface area contributed by atoms with E-state index in [1.165, 1.54) is 18.4 Å². The standard InChI is InChI=1S/C18H23N5O/c1-13-14-6-11-22(17(24)16-5-4-8-19-16)12-7-15(14)21-18(20-13)23-9-2-3-10-23/h4-5,8,19H,2-3,6-7,9-12H2,1H3. The lowest BCUT2D eigenvalue weighted by molar-refractivity contribution is 0.0757. The Morgan fingerprint density at radius 1 is 1.12 bits per heavy atom. The van der Waals surface area contributed by atoms with Gasteiger partial charge in [-0.3, -0.25) is 4.79 Å². The second-order valence-electron chi connectivity index (χ2n) is 6.60. The Labute approximate surface area is 141 Å². The van der Waals surface area contributed by atoms with Crippen LogP contribution in [0, 0.1) is 6.92 Å². The fourth-order valence-corrected chi connectivity index (χ4v) is 3.67. The minimum Gasteiger partial charge on any atom is -0.357 e. The van der Waals surface area contributed by atoms with Gasteiger partial charge >= 0.3 is 0 Å². The van der Waals surface area contributed by atoms with Crippen LogP contribution >= 0.6 is 0 Å². The summed E-state index contributed by atoms with van der Waals surface area (Å²) >= 11 is 0. The molecule has 4 rings (SSSR count). The van der Waals surface area contributed by atoms with Gasteiger partial charge in [-0.05, 0) is 43.9 Å². The highest BCUT2D eigenvalue weighted by Crippen LogP contribution is 2.23. The van der Waals surface area contributed by atoms with Crippen molar-refractivity contribution in [2.45, 2.75) is 32.6 Å². The van der Waals surface area contributed by atoms with E-state index >= 15 is 0 Å². The van der Waals surface area contributed by atoms with Crippen molar-refractivity contribution < 1.29 is 4.79 Å². The van der Waals surface area contributed by atoms with E-state index in [0.717, 1.165) is 49.8 Å². The number of aryl methyl sites for hydroxylation is 1. The van der Waals surface area contributed by atoms with Gasteiger partial charge in [0.1, 0.15) is 5.69 Å². The second kappa shape index (κ2) is 6.26. The molecule has 6 heteroatoms. The number of aromatic nitrogens is 3. The molecule has 2 aliphatic rings. The zero-order valence-electron chi connectivity index (χ0n) is 14.1. The van der Waals surface area contributed by atoms with E-state index in [1.807, 2.05) is 17.0 Å². The number of carbonyl (C=O) groups is 1. The molecular formula is C18H23N5O. The Morgan fingerprint density at radius 3 is 2.67 bits per heavy atom. The first-order valence-corrected chi connectivity index (χ1v) is 8.76. The monoisotopic (exact) mass is 325 g/mol. The molecule has 0 spiro atoms. The molecule has 2 aromatic rings. The molecule has 0 saturated carbocycles. The largest absolute Gasteiger partial charge is 0.357 e. The number of anilines is 1. The molecule has 1 amide bonds. The first-order chi connectivity index (χ1) is 11.7. The second-order valence-corrected chi connectivity index (χ2v) is 6.60. The van der Waals surface area contributed by atoms with Crippen LogP contribution in [0.3, 0.4) is 0 Å². The van der Waals surface area contributed by atoms with Crippen molar-refractivity contribution in [1.82, 2.24) is 19.9 Å². The number of amides is 1. The van der Waals surface area contributed by atoms with Gasteiger partial charge in [-0.1, -0.05) is 0 Å². The lowest BCUT2D eigenvalue weighted by atomic mass is 10.1. The maximum absolute atomic E-state index is 12.6. The Balaban J connectivity index is 1.56. The summed E-state index contributed by atoms with van der Waals surface area (Å²) in [6.45, 7) is 5.60. The van der Waals surface area contributed by atoms with E-state index in [-0.39, 0.29) is 5.91 Å². The van der Waals surface area contributed by atoms with Crippen molar-refractivity contribution in [1.29, 1.82) is 0 Å². The van der Waals surface area contributed by atoms with E-state index in [4.69, 9.17) is 9.97 Å². The first kappa shape index (κ1) is 15.2. The summed E-state index contributed by atoms with van der Waals surface area (Å²) in [5.74, 6) is 0.936. The molecule has 126 valence electrons. The average Bonchev–Trinajstić information content (AvgIpc) is 3.25. The summed E-state index contributed by atoms with van der Waals surface area (Å²) in [6.07, 6.45) is 5.85. The van der Waals surface area contributed by atoms with Crippen molar-refractivity contribution >= 4 is 11.9 Å². The SMILES string of the molecule is Cc1nc(N2CCCC2)nc2c1CCN(C(=O)c1ccc[nH]1)CC2. The van der Waals surface area contributed by atoms with Crippen LogP contribution in [0.15, 0.2) is 18.3 Å². The molecular weight excluding hydrogens is 302 g/mol. The maximum Gasteiger partial charge on any atom is 0.270 e. The molecule has 1 N–H and O–H groups in total. The van der Waals surface area contributed by atoms with Crippen LogP contribution < -0.4 is 4.90 Å². The summed E-state index contributed by atoms with van der Waals surface area (Å²) < 4.78 is 0. The number of hydrogen-bond acceptors (Lipinski definition) is 4. The molecule has 0 atom stereocenters. The molecule has 0 aromatic carbocycles. The molecule has 24 heavy (non-hydrogen) atoms. The lowest BCUT2D eigenvalue weighted by Gasteiger charge is -2.19. The van der Waals surface area contributed by atoms with Crippen LogP contribution in [0.5, 0.6) is 0 Å². The zero-order chi connectivity index (χ0) is 16.5. The van der Waals surface area contributed by atoms with Crippen molar-refractivity contribution in [3.8, 4) is 0 Å². The van der Waals surface area contributed by atoms with Gasteiger partial charge in [0, 0.05) is 44.5 Å². The topological polar surface area (TPSA) is 65.1 Å². The average molecular weight is 325 g/mol. The van der Waals surface area contributed by atoms with Gasteiger partial charge in [-0.25, -0.2) is 9.97 Å². The highest BCUT2D eigenvalue weighted by molar-refractivity contribution is 5.92. The highest BCUT2D eigenvalue weighted by Gasteiger charge is 2.24. The number of hydrogen-bond donors (Lipinski definition) is 1. The number of H-pyrrole nitrogens is 1. The molecule has 2 aromatic heterocycles. The van der Waals surface area contributed by atoms with Gasteiger partial charge in [-0.2, -0.15) is 0 Å². The van der Waals surface area contributed by atoms with Crippen LogP contribution in [0.1, 0.15) is 40.3 Å². The Bertz CT molecular complexity index is 734. The molecule has 0 aliphatic carbocycles. The van der Waals surface area contributed by atoms with E-state index in [1.54, 1.807) is 6.20 Å². The van der Waals surface area contributed by atoms with Crippen LogP contribution in [-0.4, -0.2) is 51.9 Å². The Hall–Kier alpha value is -2.37. The molecule has 1 fully saturated rings. The molecule has 0 unspecified atom stereocenters. The molecule has 6 nitrogen and oxygen atoms in total.